The highest BCUT2D eigenvalue weighted by atomic mass is 32.1. The van der Waals surface area contributed by atoms with Gasteiger partial charge in [0, 0.05) is 45.1 Å². The van der Waals surface area contributed by atoms with Crippen LogP contribution in [0.3, 0.4) is 0 Å². The number of benzene rings is 1. The average molecular weight is 414 g/mol. The smallest absolute Gasteiger partial charge is 0.225 e. The number of aromatic nitrogens is 1. The Morgan fingerprint density at radius 1 is 1.28 bits per heavy atom. The van der Waals surface area contributed by atoms with Gasteiger partial charge in [-0.2, -0.15) is 0 Å². The third-order valence-corrected chi connectivity index (χ3v) is 7.06. The highest BCUT2D eigenvalue weighted by molar-refractivity contribution is 7.18. The number of hydrogen-bond acceptors (Lipinski definition) is 4. The largest absolute Gasteiger partial charge is 0.356 e. The summed E-state index contributed by atoms with van der Waals surface area (Å²) in [6, 6.07) is 8.59. The Morgan fingerprint density at radius 2 is 2.10 bits per heavy atom. The van der Waals surface area contributed by atoms with Crippen LogP contribution in [0.1, 0.15) is 43.5 Å². The molecule has 1 amide bonds. The number of thiazole rings is 1. The molecule has 2 aliphatic rings. The lowest BCUT2D eigenvalue weighted by atomic mass is 10.1. The predicted octanol–water partition coefficient (Wildman–Crippen LogP) is 3.19. The number of para-hydroxylation sites is 1. The number of amides is 1. The van der Waals surface area contributed by atoms with E-state index >= 15 is 0 Å². The Bertz CT molecular complexity index is 825. The minimum absolute atomic E-state index is 0.272. The normalized spacial score (nSPS) is 20.5. The molecule has 1 atom stereocenters. The van der Waals surface area contributed by atoms with Gasteiger partial charge in [0.05, 0.1) is 15.2 Å². The van der Waals surface area contributed by atoms with Crippen LogP contribution in [0, 0.1) is 5.92 Å². The molecule has 1 aromatic carbocycles. The fourth-order valence-electron chi connectivity index (χ4n) is 4.37. The molecule has 0 bridgehead atoms. The molecule has 1 aliphatic heterocycles. The van der Waals surface area contributed by atoms with E-state index in [2.05, 4.69) is 33.8 Å². The van der Waals surface area contributed by atoms with Crippen molar-refractivity contribution in [2.45, 2.75) is 51.0 Å². The van der Waals surface area contributed by atoms with Gasteiger partial charge < -0.3 is 15.5 Å². The van der Waals surface area contributed by atoms with Crippen LogP contribution in [-0.4, -0.2) is 54.5 Å². The molecule has 1 aliphatic carbocycles. The molecule has 0 spiro atoms. The number of fused-ring (bicyclic) bond motifs is 1. The zero-order valence-corrected chi connectivity index (χ0v) is 18.0. The van der Waals surface area contributed by atoms with Crippen LogP contribution in [0.4, 0.5) is 0 Å². The predicted molar refractivity (Wildman–Crippen MR) is 119 cm³/mol. The Labute approximate surface area is 176 Å². The molecule has 29 heavy (non-hydrogen) atoms. The quantitative estimate of drug-likeness (QED) is 0.434. The highest BCUT2D eigenvalue weighted by Gasteiger charge is 2.32. The fraction of sp³-hybridized carbons (Fsp3) is 0.591. The summed E-state index contributed by atoms with van der Waals surface area (Å²) in [6.45, 7) is 2.51. The molecule has 2 fully saturated rings. The van der Waals surface area contributed by atoms with Crippen molar-refractivity contribution < 1.29 is 4.79 Å². The molecule has 4 rings (SSSR count). The van der Waals surface area contributed by atoms with E-state index in [-0.39, 0.29) is 12.0 Å². The van der Waals surface area contributed by atoms with Crippen LogP contribution < -0.4 is 10.6 Å². The number of carbonyl (C=O) groups excluding carboxylic acids is 1. The number of rotatable bonds is 6. The van der Waals surface area contributed by atoms with Gasteiger partial charge in [-0.15, -0.1) is 11.3 Å². The van der Waals surface area contributed by atoms with E-state index in [4.69, 9.17) is 4.98 Å². The number of nitrogens with zero attached hydrogens (tertiary/aromatic N) is 3. The number of guanidine groups is 1. The third kappa shape index (κ3) is 5.07. The van der Waals surface area contributed by atoms with Gasteiger partial charge >= 0.3 is 0 Å². The summed E-state index contributed by atoms with van der Waals surface area (Å²) < 4.78 is 1.26. The molecular weight excluding hydrogens is 382 g/mol. The van der Waals surface area contributed by atoms with Crippen LogP contribution in [0.15, 0.2) is 29.3 Å². The van der Waals surface area contributed by atoms with Gasteiger partial charge in [0.2, 0.25) is 5.91 Å². The summed E-state index contributed by atoms with van der Waals surface area (Å²) in [5, 5.41) is 8.09. The first-order valence-electron chi connectivity index (χ1n) is 10.8. The van der Waals surface area contributed by atoms with E-state index in [1.54, 1.807) is 18.4 Å². The molecular formula is C22H31N5OS. The Balaban J connectivity index is 1.18. The maximum absolute atomic E-state index is 12.6. The van der Waals surface area contributed by atoms with Crippen LogP contribution in [0.5, 0.6) is 0 Å². The lowest BCUT2D eigenvalue weighted by Crippen LogP contribution is -2.45. The second-order valence-electron chi connectivity index (χ2n) is 8.07. The zero-order valence-electron chi connectivity index (χ0n) is 17.2. The standard InChI is InChI=1S/C22H31N5OS/c1-23-22(24-13-6-11-20-26-18-9-4-5-10-19(18)29-20)25-17-12-14-27(15-17)21(28)16-7-2-3-8-16/h4-5,9-10,16-17H,2-3,6-8,11-15H2,1H3,(H2,23,24,25). The molecule has 2 heterocycles. The SMILES string of the molecule is CN=C(NCCCc1nc2ccccc2s1)NC1CCN(C(=O)C2CCCC2)C1. The lowest BCUT2D eigenvalue weighted by Gasteiger charge is -2.21. The first-order chi connectivity index (χ1) is 14.2. The highest BCUT2D eigenvalue weighted by Crippen LogP contribution is 2.28. The molecule has 1 saturated carbocycles. The van der Waals surface area contributed by atoms with Gasteiger partial charge in [0.15, 0.2) is 5.96 Å². The molecule has 1 aromatic heterocycles. The van der Waals surface area contributed by atoms with Crippen molar-refractivity contribution in [2.75, 3.05) is 26.7 Å². The third-order valence-electron chi connectivity index (χ3n) is 5.97. The number of carbonyl (C=O) groups is 1. The van der Waals surface area contributed by atoms with Gasteiger partial charge in [0.25, 0.3) is 0 Å². The van der Waals surface area contributed by atoms with Crippen molar-refractivity contribution in [3.8, 4) is 0 Å². The van der Waals surface area contributed by atoms with E-state index in [0.717, 1.165) is 63.2 Å². The lowest BCUT2D eigenvalue weighted by molar-refractivity contribution is -0.134. The fourth-order valence-corrected chi connectivity index (χ4v) is 5.38. The van der Waals surface area contributed by atoms with Crippen molar-refractivity contribution in [3.63, 3.8) is 0 Å². The summed E-state index contributed by atoms with van der Waals surface area (Å²) in [5.41, 5.74) is 1.09. The summed E-state index contributed by atoms with van der Waals surface area (Å²) in [7, 11) is 1.80. The van der Waals surface area contributed by atoms with Gasteiger partial charge in [-0.05, 0) is 37.8 Å². The summed E-state index contributed by atoms with van der Waals surface area (Å²) in [5.74, 6) is 1.47. The van der Waals surface area contributed by atoms with E-state index in [1.807, 2.05) is 11.0 Å². The zero-order chi connectivity index (χ0) is 20.1. The second-order valence-corrected chi connectivity index (χ2v) is 9.19. The van der Waals surface area contributed by atoms with Crippen LogP contribution in [0.25, 0.3) is 10.2 Å². The number of aryl methyl sites for hydroxylation is 1. The number of likely N-dealkylation sites (tertiary alicyclic amines) is 1. The summed E-state index contributed by atoms with van der Waals surface area (Å²) in [6.07, 6.45) is 7.54. The van der Waals surface area contributed by atoms with Gasteiger partial charge in [-0.3, -0.25) is 9.79 Å². The molecule has 0 radical (unpaired) electrons. The summed E-state index contributed by atoms with van der Waals surface area (Å²) >= 11 is 1.78. The maximum atomic E-state index is 12.6. The Hall–Kier alpha value is -2.15. The maximum Gasteiger partial charge on any atom is 0.225 e. The van der Waals surface area contributed by atoms with Crippen molar-refractivity contribution in [2.24, 2.45) is 10.9 Å². The second kappa shape index (κ2) is 9.57. The van der Waals surface area contributed by atoms with Crippen molar-refractivity contribution in [1.82, 2.24) is 20.5 Å². The minimum atomic E-state index is 0.272. The van der Waals surface area contributed by atoms with Crippen molar-refractivity contribution in [3.05, 3.63) is 29.3 Å². The molecule has 2 N–H and O–H groups in total. The molecule has 156 valence electrons. The number of hydrogen-bond donors (Lipinski definition) is 2. The Kier molecular flexibility index (Phi) is 6.64. The van der Waals surface area contributed by atoms with E-state index in [9.17, 15) is 4.79 Å². The molecule has 2 aromatic rings. The minimum Gasteiger partial charge on any atom is -0.356 e. The van der Waals surface area contributed by atoms with Gasteiger partial charge in [-0.1, -0.05) is 25.0 Å². The van der Waals surface area contributed by atoms with Crippen LogP contribution in [-0.2, 0) is 11.2 Å². The Morgan fingerprint density at radius 3 is 2.90 bits per heavy atom. The van der Waals surface area contributed by atoms with Crippen molar-refractivity contribution >= 4 is 33.4 Å². The van der Waals surface area contributed by atoms with E-state index in [0.29, 0.717) is 5.91 Å². The number of aliphatic imine (C=N–C) groups is 1. The average Bonchev–Trinajstić information content (AvgIpc) is 3.50. The molecule has 6 nitrogen and oxygen atoms in total. The number of nitrogens with one attached hydrogen (secondary N) is 2. The first kappa shape index (κ1) is 20.1. The van der Waals surface area contributed by atoms with Crippen LogP contribution in [0.2, 0.25) is 0 Å². The topological polar surface area (TPSA) is 69.6 Å². The molecule has 7 heteroatoms. The van der Waals surface area contributed by atoms with Gasteiger partial charge in [-0.25, -0.2) is 4.98 Å². The van der Waals surface area contributed by atoms with E-state index in [1.165, 1.54) is 22.5 Å². The summed E-state index contributed by atoms with van der Waals surface area (Å²) in [4.78, 5) is 23.7. The van der Waals surface area contributed by atoms with E-state index < -0.39 is 0 Å². The molecule has 1 saturated heterocycles. The monoisotopic (exact) mass is 413 g/mol. The molecule has 1 unspecified atom stereocenters. The first-order valence-corrected chi connectivity index (χ1v) is 11.6. The van der Waals surface area contributed by atoms with Crippen LogP contribution >= 0.6 is 11.3 Å². The van der Waals surface area contributed by atoms with Crippen molar-refractivity contribution in [1.29, 1.82) is 0 Å². The van der Waals surface area contributed by atoms with Gasteiger partial charge in [0.1, 0.15) is 0 Å².